The highest BCUT2D eigenvalue weighted by Crippen LogP contribution is 2.28. The number of carbonyl (C=O) groups is 5. The number of aliphatic hydroxyl groups is 1. The van der Waals surface area contributed by atoms with Crippen molar-refractivity contribution in [1.82, 2.24) is 40.7 Å². The van der Waals surface area contributed by atoms with Gasteiger partial charge < -0.3 is 31.1 Å². The number of pyridine rings is 2. The number of urea groups is 1. The van der Waals surface area contributed by atoms with E-state index in [1.807, 2.05) is 92.7 Å². The molecule has 0 spiro atoms. The average Bonchev–Trinajstić information content (AvgIpc) is 3.86. The van der Waals surface area contributed by atoms with Crippen molar-refractivity contribution >= 4 is 41.2 Å². The van der Waals surface area contributed by atoms with Crippen LogP contribution >= 0.6 is 11.3 Å². The Kier molecular flexibility index (Phi) is 15.6. The van der Waals surface area contributed by atoms with E-state index in [-0.39, 0.29) is 38.3 Å². The molecule has 0 aliphatic carbocycles. The normalized spacial score (nSPS) is 15.8. The number of nitrogens with one attached hydrogen (secondary N) is 3. The summed E-state index contributed by atoms with van der Waals surface area (Å²) in [5.74, 6) is -1.93. The van der Waals surface area contributed by atoms with Gasteiger partial charge in [0.1, 0.15) is 23.6 Å². The fourth-order valence-corrected chi connectivity index (χ4v) is 8.61. The highest BCUT2D eigenvalue weighted by Gasteiger charge is 2.45. The van der Waals surface area contributed by atoms with Crippen molar-refractivity contribution in [2.24, 2.45) is 11.3 Å². The Hall–Kier alpha value is -6.52. The molecule has 6 rings (SSSR count). The second-order valence-electron chi connectivity index (χ2n) is 17.3. The first-order valence-electron chi connectivity index (χ1n) is 21.4. The predicted molar refractivity (Wildman–Crippen MR) is 244 cm³/mol. The van der Waals surface area contributed by atoms with E-state index in [4.69, 9.17) is 0 Å². The van der Waals surface area contributed by atoms with Crippen molar-refractivity contribution in [1.29, 1.82) is 0 Å². The number of nitrogens with zero attached hydrogens (tertiary/aromatic N) is 5. The summed E-state index contributed by atoms with van der Waals surface area (Å²) in [6.45, 7) is 8.63. The Morgan fingerprint density at radius 3 is 2.20 bits per heavy atom. The summed E-state index contributed by atoms with van der Waals surface area (Å²) < 4.78 is 0. The Balaban J connectivity index is 1.24. The van der Waals surface area contributed by atoms with Crippen LogP contribution in [0.2, 0.25) is 0 Å². The monoisotopic (exact) mass is 888 g/mol. The van der Waals surface area contributed by atoms with Crippen LogP contribution in [0.1, 0.15) is 64.3 Å². The number of hydrogen-bond donors (Lipinski definition) is 5. The number of carbonyl (C=O) groups excluding carboxylic acids is 4. The quantitative estimate of drug-likeness (QED) is 0.0582. The maximum Gasteiger partial charge on any atom is 0.405 e. The van der Waals surface area contributed by atoms with Gasteiger partial charge in [0.25, 0.3) is 5.91 Å². The van der Waals surface area contributed by atoms with Crippen LogP contribution in [0.25, 0.3) is 21.8 Å². The Labute approximate surface area is 377 Å². The van der Waals surface area contributed by atoms with Crippen molar-refractivity contribution in [3.63, 3.8) is 0 Å². The van der Waals surface area contributed by atoms with Crippen LogP contribution in [-0.4, -0.2) is 102 Å². The predicted octanol–water partition coefficient (Wildman–Crippen LogP) is 6.33. The van der Waals surface area contributed by atoms with Crippen LogP contribution in [0.4, 0.5) is 9.59 Å². The highest BCUT2D eigenvalue weighted by atomic mass is 32.1. The van der Waals surface area contributed by atoms with Gasteiger partial charge in [-0.15, -0.1) is 11.3 Å². The molecule has 2 aromatic carbocycles. The molecular formula is C48H56N8O7S. The summed E-state index contributed by atoms with van der Waals surface area (Å²) in [7, 11) is 0. The molecule has 64 heavy (non-hydrogen) atoms. The molecule has 15 nitrogen and oxygen atoms in total. The zero-order valence-corrected chi connectivity index (χ0v) is 37.5. The summed E-state index contributed by atoms with van der Waals surface area (Å²) in [4.78, 5) is 83.5. The van der Waals surface area contributed by atoms with E-state index in [9.17, 15) is 34.2 Å². The van der Waals surface area contributed by atoms with Crippen molar-refractivity contribution in [3.8, 4) is 21.8 Å². The lowest BCUT2D eigenvalue weighted by Gasteiger charge is -2.35. The van der Waals surface area contributed by atoms with E-state index in [0.717, 1.165) is 32.8 Å². The number of hydrogen-bond acceptors (Lipinski definition) is 10. The lowest BCUT2D eigenvalue weighted by atomic mass is 9.85. The highest BCUT2D eigenvalue weighted by molar-refractivity contribution is 7.13. The van der Waals surface area contributed by atoms with E-state index in [1.54, 1.807) is 50.8 Å². The van der Waals surface area contributed by atoms with Crippen molar-refractivity contribution in [2.75, 3.05) is 6.54 Å². The first kappa shape index (κ1) is 47.0. The largest absolute Gasteiger partial charge is 0.465 e. The number of carboxylic acid groups (broad SMARTS) is 1. The number of aromatic nitrogens is 3. The van der Waals surface area contributed by atoms with Crippen molar-refractivity contribution in [3.05, 3.63) is 126 Å². The summed E-state index contributed by atoms with van der Waals surface area (Å²) in [6, 6.07) is 21.9. The third-order valence-electron chi connectivity index (χ3n) is 11.4. The van der Waals surface area contributed by atoms with Gasteiger partial charge in [-0.1, -0.05) is 102 Å². The Morgan fingerprint density at radius 2 is 1.56 bits per heavy atom. The van der Waals surface area contributed by atoms with Crippen LogP contribution in [0, 0.1) is 11.3 Å². The van der Waals surface area contributed by atoms with E-state index in [1.165, 1.54) is 16.2 Å². The molecule has 1 aliphatic rings. The van der Waals surface area contributed by atoms with Crippen LogP contribution in [0.3, 0.4) is 0 Å². The number of amides is 6. The van der Waals surface area contributed by atoms with E-state index in [2.05, 4.69) is 30.9 Å². The molecule has 0 radical (unpaired) electrons. The van der Waals surface area contributed by atoms with Gasteiger partial charge >= 0.3 is 12.1 Å². The molecule has 6 unspecified atom stereocenters. The minimum absolute atomic E-state index is 0.0347. The fourth-order valence-electron chi connectivity index (χ4n) is 7.81. The second kappa shape index (κ2) is 21.2. The van der Waals surface area contributed by atoms with Gasteiger partial charge in [-0.25, -0.2) is 14.6 Å². The van der Waals surface area contributed by atoms with Crippen LogP contribution in [0.15, 0.2) is 109 Å². The molecule has 1 fully saturated rings. The lowest BCUT2D eigenvalue weighted by Crippen LogP contribution is -2.58. The van der Waals surface area contributed by atoms with E-state index in [0.29, 0.717) is 17.1 Å². The molecule has 6 atom stereocenters. The number of aliphatic hydroxyl groups excluding tert-OH is 1. The SMILES string of the molecule is CCC(C)C(C(=O)NC(Cc1ccccc1)C(O)CC(Cc1ccc(-c2ccccn2)cc1)NC(=O)C(NC(=O)O)C(C)(C)C)N1CC(=O)N(Cc2csc(-c3cccnc3)n2)C1=O. The summed E-state index contributed by atoms with van der Waals surface area (Å²) in [6.07, 6.45) is 3.41. The average molecular weight is 889 g/mol. The molecule has 0 bridgehead atoms. The zero-order chi connectivity index (χ0) is 46.0. The van der Waals surface area contributed by atoms with Gasteiger partial charge in [-0.3, -0.25) is 29.3 Å². The van der Waals surface area contributed by atoms with Crippen LogP contribution in [-0.2, 0) is 33.8 Å². The molecule has 0 saturated carbocycles. The fraction of sp³-hybridized carbons (Fsp3) is 0.375. The van der Waals surface area contributed by atoms with Gasteiger partial charge in [0.05, 0.1) is 30.1 Å². The third kappa shape index (κ3) is 12.1. The Morgan fingerprint density at radius 1 is 0.844 bits per heavy atom. The number of benzene rings is 2. The van der Waals surface area contributed by atoms with Gasteiger partial charge in [-0.05, 0) is 66.0 Å². The molecule has 6 amide bonds. The van der Waals surface area contributed by atoms with Gasteiger partial charge in [0.2, 0.25) is 11.8 Å². The van der Waals surface area contributed by atoms with Gasteiger partial charge in [-0.2, -0.15) is 0 Å². The minimum Gasteiger partial charge on any atom is -0.465 e. The summed E-state index contributed by atoms with van der Waals surface area (Å²) in [5, 5.41) is 32.8. The molecule has 3 aromatic heterocycles. The summed E-state index contributed by atoms with van der Waals surface area (Å²) in [5.41, 5.74) is 3.89. The molecular weight excluding hydrogens is 833 g/mol. The zero-order valence-electron chi connectivity index (χ0n) is 36.7. The van der Waals surface area contributed by atoms with Crippen molar-refractivity contribution < 1.29 is 34.2 Å². The first-order valence-corrected chi connectivity index (χ1v) is 22.3. The molecule has 1 aliphatic heterocycles. The number of rotatable bonds is 19. The standard InChI is InChI=1S/C48H56N8O7S/c1-6-30(2)41(56-28-40(58)55(47(56)63)27-36-29-64-45(52-36)34-15-12-21-49-26-34)43(59)53-38(24-31-13-8-7-9-14-31)39(57)25-35(51-44(60)42(48(3,4)5)54-46(61)62)23-32-17-19-33(20-18-32)37-16-10-11-22-50-37/h7-22,26,29-30,35,38-39,41-42,54,57H,6,23-25,27-28H2,1-5H3,(H,51,60)(H,53,59)(H,61,62). The molecule has 5 aromatic rings. The smallest absolute Gasteiger partial charge is 0.405 e. The number of thiazole rings is 1. The lowest BCUT2D eigenvalue weighted by molar-refractivity contribution is -0.130. The Bertz CT molecular complexity index is 2360. The van der Waals surface area contributed by atoms with Crippen LogP contribution < -0.4 is 16.0 Å². The minimum atomic E-state index is -1.35. The van der Waals surface area contributed by atoms with E-state index >= 15 is 0 Å². The van der Waals surface area contributed by atoms with E-state index < -0.39 is 65.5 Å². The maximum absolute atomic E-state index is 14.6. The van der Waals surface area contributed by atoms with Gasteiger partial charge in [0, 0.05) is 41.1 Å². The molecule has 1 saturated heterocycles. The van der Waals surface area contributed by atoms with Crippen LogP contribution in [0.5, 0.6) is 0 Å². The van der Waals surface area contributed by atoms with Gasteiger partial charge in [0.15, 0.2) is 0 Å². The molecule has 16 heteroatoms. The maximum atomic E-state index is 14.6. The first-order chi connectivity index (χ1) is 30.6. The topological polar surface area (TPSA) is 207 Å². The molecule has 5 N–H and O–H groups in total. The third-order valence-corrected chi connectivity index (χ3v) is 12.3. The second-order valence-corrected chi connectivity index (χ2v) is 18.1. The summed E-state index contributed by atoms with van der Waals surface area (Å²) >= 11 is 1.38. The van der Waals surface area contributed by atoms with Crippen molar-refractivity contribution in [2.45, 2.75) is 97.1 Å². The molecule has 4 heterocycles. The number of imide groups is 1. The molecule has 336 valence electrons.